The van der Waals surface area contributed by atoms with E-state index in [4.69, 9.17) is 5.73 Å². The molecule has 2 unspecified atom stereocenters. The summed E-state index contributed by atoms with van der Waals surface area (Å²) in [7, 11) is 0. The van der Waals surface area contributed by atoms with Crippen molar-refractivity contribution in [1.29, 1.82) is 0 Å². The fourth-order valence-electron chi connectivity index (χ4n) is 2.77. The standard InChI is InChI=1S/C15H26N2O/c1-3-5-6-11-15(18)17(4-2)14-10-8-7-9-13(14)12-16/h3,5-6,11,13-14H,4,7-10,12,16H2,1-2H3. The van der Waals surface area contributed by atoms with Crippen LogP contribution in [0.1, 0.15) is 39.5 Å². The fourth-order valence-corrected chi connectivity index (χ4v) is 2.77. The van der Waals surface area contributed by atoms with Crippen LogP contribution in [-0.2, 0) is 4.79 Å². The Morgan fingerprint density at radius 2 is 2.06 bits per heavy atom. The first-order chi connectivity index (χ1) is 8.74. The molecule has 0 spiro atoms. The minimum absolute atomic E-state index is 0.112. The van der Waals surface area contributed by atoms with E-state index < -0.39 is 0 Å². The molecule has 18 heavy (non-hydrogen) atoms. The molecule has 2 atom stereocenters. The number of carbonyl (C=O) groups excluding carboxylic acids is 1. The highest BCUT2D eigenvalue weighted by molar-refractivity contribution is 5.88. The Kier molecular flexibility index (Phi) is 6.73. The van der Waals surface area contributed by atoms with Crippen molar-refractivity contribution < 1.29 is 4.79 Å². The smallest absolute Gasteiger partial charge is 0.246 e. The van der Waals surface area contributed by atoms with Gasteiger partial charge >= 0.3 is 0 Å². The maximum Gasteiger partial charge on any atom is 0.246 e. The molecule has 102 valence electrons. The molecule has 0 aromatic rings. The SMILES string of the molecule is CC=CC=CC(=O)N(CC)C1CCCCC1CN. The van der Waals surface area contributed by atoms with Gasteiger partial charge in [-0.25, -0.2) is 0 Å². The number of amides is 1. The highest BCUT2D eigenvalue weighted by Gasteiger charge is 2.30. The highest BCUT2D eigenvalue weighted by atomic mass is 16.2. The second-order valence-corrected chi connectivity index (χ2v) is 4.86. The lowest BCUT2D eigenvalue weighted by atomic mass is 9.83. The summed E-state index contributed by atoms with van der Waals surface area (Å²) in [5.41, 5.74) is 5.84. The number of allylic oxidation sites excluding steroid dienone is 3. The number of rotatable bonds is 5. The van der Waals surface area contributed by atoms with E-state index in [0.29, 0.717) is 18.5 Å². The molecule has 0 aromatic heterocycles. The van der Waals surface area contributed by atoms with Crippen LogP contribution >= 0.6 is 0 Å². The quantitative estimate of drug-likeness (QED) is 0.602. The Balaban J connectivity index is 2.71. The second-order valence-electron chi connectivity index (χ2n) is 4.86. The minimum Gasteiger partial charge on any atom is -0.336 e. The molecule has 3 nitrogen and oxygen atoms in total. The number of nitrogens with two attached hydrogens (primary N) is 1. The van der Waals surface area contributed by atoms with Crippen LogP contribution in [0.15, 0.2) is 24.3 Å². The third-order valence-electron chi connectivity index (χ3n) is 3.74. The van der Waals surface area contributed by atoms with E-state index >= 15 is 0 Å². The average molecular weight is 250 g/mol. The van der Waals surface area contributed by atoms with Gasteiger partial charge in [0.1, 0.15) is 0 Å². The largest absolute Gasteiger partial charge is 0.336 e. The topological polar surface area (TPSA) is 46.3 Å². The van der Waals surface area contributed by atoms with Gasteiger partial charge in [0.25, 0.3) is 0 Å². The molecule has 1 amide bonds. The lowest BCUT2D eigenvalue weighted by Crippen LogP contribution is -2.47. The maximum atomic E-state index is 12.2. The van der Waals surface area contributed by atoms with Crippen molar-refractivity contribution in [2.75, 3.05) is 13.1 Å². The normalized spacial score (nSPS) is 24.8. The summed E-state index contributed by atoms with van der Waals surface area (Å²) in [6, 6.07) is 0.330. The van der Waals surface area contributed by atoms with Gasteiger partial charge in [0.05, 0.1) is 0 Å². The average Bonchev–Trinajstić information content (AvgIpc) is 2.40. The zero-order valence-electron chi connectivity index (χ0n) is 11.6. The van der Waals surface area contributed by atoms with Gasteiger partial charge in [-0.1, -0.05) is 31.1 Å². The summed E-state index contributed by atoms with van der Waals surface area (Å²) < 4.78 is 0. The number of likely N-dealkylation sites (N-methyl/N-ethyl adjacent to an activating group) is 1. The van der Waals surface area contributed by atoms with Crippen LogP contribution in [0.4, 0.5) is 0 Å². The van der Waals surface area contributed by atoms with Crippen molar-refractivity contribution in [2.45, 2.75) is 45.6 Å². The molecule has 2 N–H and O–H groups in total. The Hall–Kier alpha value is -1.09. The summed E-state index contributed by atoms with van der Waals surface area (Å²) in [6.45, 7) is 5.44. The molecule has 0 saturated heterocycles. The van der Waals surface area contributed by atoms with Gasteiger partial charge in [0.2, 0.25) is 5.91 Å². The molecule has 1 aliphatic carbocycles. The van der Waals surface area contributed by atoms with Gasteiger partial charge in [-0.3, -0.25) is 4.79 Å². The van der Waals surface area contributed by atoms with Crippen LogP contribution in [0.25, 0.3) is 0 Å². The zero-order valence-corrected chi connectivity index (χ0v) is 11.6. The highest BCUT2D eigenvalue weighted by Crippen LogP contribution is 2.28. The van der Waals surface area contributed by atoms with Crippen LogP contribution in [-0.4, -0.2) is 29.9 Å². The number of hydrogen-bond acceptors (Lipinski definition) is 2. The molecule has 0 aromatic carbocycles. The Morgan fingerprint density at radius 1 is 1.33 bits per heavy atom. The predicted octanol–water partition coefficient (Wildman–Crippen LogP) is 2.48. The van der Waals surface area contributed by atoms with Gasteiger partial charge in [0.15, 0.2) is 0 Å². The third-order valence-corrected chi connectivity index (χ3v) is 3.74. The van der Waals surface area contributed by atoms with Gasteiger partial charge < -0.3 is 10.6 Å². The van der Waals surface area contributed by atoms with E-state index in [1.807, 2.05) is 37.0 Å². The second kappa shape index (κ2) is 8.09. The van der Waals surface area contributed by atoms with Crippen molar-refractivity contribution in [3.63, 3.8) is 0 Å². The molecule has 0 bridgehead atoms. The Morgan fingerprint density at radius 3 is 2.67 bits per heavy atom. The van der Waals surface area contributed by atoms with Gasteiger partial charge in [-0.2, -0.15) is 0 Å². The van der Waals surface area contributed by atoms with E-state index in [9.17, 15) is 4.79 Å². The molecular formula is C15H26N2O. The molecule has 1 aliphatic rings. The van der Waals surface area contributed by atoms with E-state index in [1.165, 1.54) is 12.8 Å². The van der Waals surface area contributed by atoms with Crippen molar-refractivity contribution in [1.82, 2.24) is 4.90 Å². The van der Waals surface area contributed by atoms with Crippen LogP contribution in [0, 0.1) is 5.92 Å². The van der Waals surface area contributed by atoms with Crippen molar-refractivity contribution in [2.24, 2.45) is 11.7 Å². The molecule has 0 heterocycles. The fraction of sp³-hybridized carbons (Fsp3) is 0.667. The summed E-state index contributed by atoms with van der Waals surface area (Å²) >= 11 is 0. The van der Waals surface area contributed by atoms with Crippen LogP contribution in [0.2, 0.25) is 0 Å². The molecule has 0 aliphatic heterocycles. The van der Waals surface area contributed by atoms with Crippen LogP contribution < -0.4 is 5.73 Å². The Labute approximate surface area is 111 Å². The Bertz CT molecular complexity index is 310. The summed E-state index contributed by atoms with van der Waals surface area (Å²) in [5.74, 6) is 0.582. The van der Waals surface area contributed by atoms with Crippen molar-refractivity contribution >= 4 is 5.91 Å². The summed E-state index contributed by atoms with van der Waals surface area (Å²) in [6.07, 6.45) is 12.0. The number of carbonyl (C=O) groups is 1. The number of nitrogens with zero attached hydrogens (tertiary/aromatic N) is 1. The van der Waals surface area contributed by atoms with E-state index in [-0.39, 0.29) is 5.91 Å². The van der Waals surface area contributed by atoms with Crippen molar-refractivity contribution in [3.8, 4) is 0 Å². The zero-order chi connectivity index (χ0) is 13.4. The van der Waals surface area contributed by atoms with Gasteiger partial charge in [0, 0.05) is 18.7 Å². The van der Waals surface area contributed by atoms with E-state index in [0.717, 1.165) is 19.4 Å². The van der Waals surface area contributed by atoms with E-state index in [1.54, 1.807) is 6.08 Å². The first-order valence-corrected chi connectivity index (χ1v) is 7.04. The minimum atomic E-state index is 0.112. The molecule has 0 radical (unpaired) electrons. The van der Waals surface area contributed by atoms with Gasteiger partial charge in [-0.05, 0) is 39.2 Å². The lowest BCUT2D eigenvalue weighted by molar-refractivity contribution is -0.129. The maximum absolute atomic E-state index is 12.2. The molecule has 1 saturated carbocycles. The van der Waals surface area contributed by atoms with Crippen LogP contribution in [0.5, 0.6) is 0 Å². The summed E-state index contributed by atoms with van der Waals surface area (Å²) in [4.78, 5) is 14.2. The van der Waals surface area contributed by atoms with Crippen LogP contribution in [0.3, 0.4) is 0 Å². The molecule has 1 fully saturated rings. The predicted molar refractivity (Wildman–Crippen MR) is 76.1 cm³/mol. The summed E-state index contributed by atoms with van der Waals surface area (Å²) in [5, 5.41) is 0. The first-order valence-electron chi connectivity index (χ1n) is 7.04. The monoisotopic (exact) mass is 250 g/mol. The molecule has 3 heteroatoms. The van der Waals surface area contributed by atoms with Crippen molar-refractivity contribution in [3.05, 3.63) is 24.3 Å². The van der Waals surface area contributed by atoms with Gasteiger partial charge in [-0.15, -0.1) is 0 Å². The van der Waals surface area contributed by atoms with E-state index in [2.05, 4.69) is 0 Å². The molecular weight excluding hydrogens is 224 g/mol. The lowest BCUT2D eigenvalue weighted by Gasteiger charge is -2.38. The first kappa shape index (κ1) is 15.0. The number of hydrogen-bond donors (Lipinski definition) is 1. The third kappa shape index (κ3) is 3.98. The molecule has 1 rings (SSSR count).